The fraction of sp³-hybridized carbons (Fsp3) is 0.348. The SMILES string of the molecule is CC(=O)N1c2ccc(-c3ccc(C=O)cc3)cc2[C@H](NC(=O)OC(C)C)C[C@@H]1C. The number of aldehydes is 1. The molecule has 0 unspecified atom stereocenters. The number of nitrogens with one attached hydrogen (secondary N) is 1. The highest BCUT2D eigenvalue weighted by Crippen LogP contribution is 2.39. The number of hydrogen-bond donors (Lipinski definition) is 1. The van der Waals surface area contributed by atoms with Gasteiger partial charge in [0.2, 0.25) is 5.91 Å². The Labute approximate surface area is 170 Å². The Morgan fingerprint density at radius 2 is 1.79 bits per heavy atom. The molecule has 152 valence electrons. The number of alkyl carbamates (subject to hydrolysis) is 1. The van der Waals surface area contributed by atoms with E-state index in [4.69, 9.17) is 4.74 Å². The fourth-order valence-corrected chi connectivity index (χ4v) is 3.80. The average Bonchev–Trinajstić information content (AvgIpc) is 2.67. The van der Waals surface area contributed by atoms with E-state index in [1.807, 2.05) is 37.3 Å². The largest absolute Gasteiger partial charge is 0.447 e. The number of ether oxygens (including phenoxy) is 1. The predicted octanol–water partition coefficient (Wildman–Crippen LogP) is 4.49. The van der Waals surface area contributed by atoms with Gasteiger partial charge in [-0.05, 0) is 56.0 Å². The topological polar surface area (TPSA) is 75.7 Å². The zero-order valence-electron chi connectivity index (χ0n) is 17.1. The molecule has 1 aliphatic heterocycles. The zero-order valence-corrected chi connectivity index (χ0v) is 17.1. The van der Waals surface area contributed by atoms with Gasteiger partial charge in [-0.3, -0.25) is 9.59 Å². The highest BCUT2D eigenvalue weighted by atomic mass is 16.6. The van der Waals surface area contributed by atoms with Crippen LogP contribution in [0.15, 0.2) is 42.5 Å². The Morgan fingerprint density at radius 3 is 2.38 bits per heavy atom. The molecule has 29 heavy (non-hydrogen) atoms. The van der Waals surface area contributed by atoms with Gasteiger partial charge in [0.05, 0.1) is 12.1 Å². The first-order valence-electron chi connectivity index (χ1n) is 9.76. The molecule has 2 amide bonds. The van der Waals surface area contributed by atoms with Crippen molar-refractivity contribution in [3.05, 3.63) is 53.6 Å². The fourth-order valence-electron chi connectivity index (χ4n) is 3.80. The Kier molecular flexibility index (Phi) is 6.01. The second-order valence-corrected chi connectivity index (χ2v) is 7.64. The molecule has 0 aliphatic carbocycles. The van der Waals surface area contributed by atoms with Gasteiger partial charge in [0.25, 0.3) is 0 Å². The number of carbonyl (C=O) groups excluding carboxylic acids is 3. The summed E-state index contributed by atoms with van der Waals surface area (Å²) in [6, 6.07) is 12.8. The molecule has 2 aromatic carbocycles. The Balaban J connectivity index is 2.01. The number of benzene rings is 2. The van der Waals surface area contributed by atoms with Crippen molar-refractivity contribution in [3.63, 3.8) is 0 Å². The predicted molar refractivity (Wildman–Crippen MR) is 112 cm³/mol. The van der Waals surface area contributed by atoms with Crippen LogP contribution in [-0.4, -0.2) is 30.4 Å². The maximum absolute atomic E-state index is 12.3. The van der Waals surface area contributed by atoms with Crippen LogP contribution < -0.4 is 10.2 Å². The Hall–Kier alpha value is -3.15. The average molecular weight is 394 g/mol. The van der Waals surface area contributed by atoms with Gasteiger partial charge in [-0.1, -0.05) is 30.3 Å². The van der Waals surface area contributed by atoms with Crippen LogP contribution in [0.5, 0.6) is 0 Å². The molecule has 3 rings (SSSR count). The number of anilines is 1. The van der Waals surface area contributed by atoms with E-state index >= 15 is 0 Å². The molecule has 0 radical (unpaired) electrons. The molecule has 0 saturated carbocycles. The molecule has 0 aromatic heterocycles. The minimum Gasteiger partial charge on any atom is -0.447 e. The van der Waals surface area contributed by atoms with Crippen molar-refractivity contribution < 1.29 is 19.1 Å². The second kappa shape index (κ2) is 8.47. The number of nitrogens with zero attached hydrogens (tertiary/aromatic N) is 1. The van der Waals surface area contributed by atoms with E-state index in [0.29, 0.717) is 12.0 Å². The van der Waals surface area contributed by atoms with Crippen molar-refractivity contribution >= 4 is 24.0 Å². The van der Waals surface area contributed by atoms with Crippen LogP contribution in [-0.2, 0) is 9.53 Å². The summed E-state index contributed by atoms with van der Waals surface area (Å²) >= 11 is 0. The standard InChI is InChI=1S/C23H26N2O4/c1-14(2)29-23(28)24-21-11-15(3)25(16(4)27)22-10-9-19(12-20(21)22)18-7-5-17(13-26)6-8-18/h5-10,12-15,21H,11H2,1-4H3,(H,24,28)/t15-,21+/m0/s1. The molecule has 0 saturated heterocycles. The lowest BCUT2D eigenvalue weighted by Crippen LogP contribution is -2.45. The molecule has 1 heterocycles. The first kappa shape index (κ1) is 20.6. The van der Waals surface area contributed by atoms with Gasteiger partial charge in [-0.2, -0.15) is 0 Å². The lowest BCUT2D eigenvalue weighted by Gasteiger charge is -2.39. The van der Waals surface area contributed by atoms with Gasteiger partial charge in [0.15, 0.2) is 0 Å². The highest BCUT2D eigenvalue weighted by Gasteiger charge is 2.33. The first-order chi connectivity index (χ1) is 13.8. The quantitative estimate of drug-likeness (QED) is 0.776. The minimum atomic E-state index is -0.472. The molecular weight excluding hydrogens is 368 g/mol. The van der Waals surface area contributed by atoms with Gasteiger partial charge in [-0.15, -0.1) is 0 Å². The normalized spacial score (nSPS) is 18.2. The van der Waals surface area contributed by atoms with E-state index in [9.17, 15) is 14.4 Å². The van der Waals surface area contributed by atoms with Gasteiger partial charge < -0.3 is 15.0 Å². The number of carbonyl (C=O) groups is 3. The van der Waals surface area contributed by atoms with Gasteiger partial charge in [-0.25, -0.2) is 4.79 Å². The van der Waals surface area contributed by atoms with Gasteiger partial charge in [0, 0.05) is 24.2 Å². The van der Waals surface area contributed by atoms with Crippen LogP contribution in [0.25, 0.3) is 11.1 Å². The Bertz CT molecular complexity index is 921. The van der Waals surface area contributed by atoms with Crippen LogP contribution in [0.2, 0.25) is 0 Å². The Morgan fingerprint density at radius 1 is 1.14 bits per heavy atom. The lowest BCUT2D eigenvalue weighted by molar-refractivity contribution is -0.117. The van der Waals surface area contributed by atoms with E-state index < -0.39 is 6.09 Å². The lowest BCUT2D eigenvalue weighted by atomic mass is 9.89. The van der Waals surface area contributed by atoms with Gasteiger partial charge >= 0.3 is 6.09 Å². The maximum Gasteiger partial charge on any atom is 0.407 e. The van der Waals surface area contributed by atoms with E-state index in [1.54, 1.807) is 37.8 Å². The van der Waals surface area contributed by atoms with Crippen molar-refractivity contribution in [1.82, 2.24) is 5.32 Å². The number of rotatable bonds is 4. The van der Waals surface area contributed by atoms with Crippen LogP contribution in [0, 0.1) is 0 Å². The summed E-state index contributed by atoms with van der Waals surface area (Å²) in [5, 5.41) is 2.95. The van der Waals surface area contributed by atoms with Crippen molar-refractivity contribution in [2.24, 2.45) is 0 Å². The van der Waals surface area contributed by atoms with Crippen molar-refractivity contribution in [3.8, 4) is 11.1 Å². The maximum atomic E-state index is 12.3. The monoisotopic (exact) mass is 394 g/mol. The van der Waals surface area contributed by atoms with Crippen LogP contribution in [0.1, 0.15) is 56.1 Å². The van der Waals surface area contributed by atoms with Crippen LogP contribution >= 0.6 is 0 Å². The molecule has 0 fully saturated rings. The zero-order chi connectivity index (χ0) is 21.1. The van der Waals surface area contributed by atoms with E-state index in [-0.39, 0.29) is 24.1 Å². The summed E-state index contributed by atoms with van der Waals surface area (Å²) in [7, 11) is 0. The third-order valence-electron chi connectivity index (χ3n) is 5.03. The summed E-state index contributed by atoms with van der Waals surface area (Å²) in [6.07, 6.45) is 0.711. The first-order valence-corrected chi connectivity index (χ1v) is 9.76. The number of amides is 2. The molecule has 6 heteroatoms. The van der Waals surface area contributed by atoms with E-state index in [2.05, 4.69) is 5.32 Å². The molecule has 0 bridgehead atoms. The second-order valence-electron chi connectivity index (χ2n) is 7.64. The summed E-state index contributed by atoms with van der Waals surface area (Å²) in [4.78, 5) is 37.2. The summed E-state index contributed by atoms with van der Waals surface area (Å²) in [5.41, 5.74) is 4.17. The summed E-state index contributed by atoms with van der Waals surface area (Å²) in [5.74, 6) is -0.0370. The highest BCUT2D eigenvalue weighted by molar-refractivity contribution is 5.94. The molecule has 1 aliphatic rings. The van der Waals surface area contributed by atoms with Gasteiger partial charge in [0.1, 0.15) is 6.29 Å². The third kappa shape index (κ3) is 4.47. The van der Waals surface area contributed by atoms with Crippen LogP contribution in [0.4, 0.5) is 10.5 Å². The van der Waals surface area contributed by atoms with Crippen molar-refractivity contribution in [1.29, 1.82) is 0 Å². The third-order valence-corrected chi connectivity index (χ3v) is 5.03. The minimum absolute atomic E-state index is 0.0370. The number of fused-ring (bicyclic) bond motifs is 1. The van der Waals surface area contributed by atoms with Crippen LogP contribution in [0.3, 0.4) is 0 Å². The molecule has 0 spiro atoms. The van der Waals surface area contributed by atoms with Crippen molar-refractivity contribution in [2.45, 2.75) is 52.3 Å². The molecular formula is C23H26N2O4. The number of hydrogen-bond acceptors (Lipinski definition) is 4. The molecule has 1 N–H and O–H groups in total. The van der Waals surface area contributed by atoms with Crippen molar-refractivity contribution in [2.75, 3.05) is 4.90 Å². The van der Waals surface area contributed by atoms with E-state index in [1.165, 1.54) is 0 Å². The molecule has 6 nitrogen and oxygen atoms in total. The summed E-state index contributed by atoms with van der Waals surface area (Å²) < 4.78 is 5.25. The molecule has 2 aromatic rings. The summed E-state index contributed by atoms with van der Waals surface area (Å²) in [6.45, 7) is 7.12. The molecule has 2 atom stereocenters. The van der Waals surface area contributed by atoms with E-state index in [0.717, 1.165) is 28.7 Å². The smallest absolute Gasteiger partial charge is 0.407 e.